The summed E-state index contributed by atoms with van der Waals surface area (Å²) >= 11 is 0. The summed E-state index contributed by atoms with van der Waals surface area (Å²) in [4.78, 5) is 0. The van der Waals surface area contributed by atoms with Crippen molar-refractivity contribution >= 4 is 5.69 Å². The van der Waals surface area contributed by atoms with E-state index < -0.39 is 11.0 Å². The molecule has 11 heavy (non-hydrogen) atoms. The second kappa shape index (κ2) is 2.75. The Kier molecular flexibility index (Phi) is 1.95. The number of nitrogens with one attached hydrogen (secondary N) is 1. The largest absolute Gasteiger partial charge is 0.595 e. The molecule has 0 fully saturated rings. The van der Waals surface area contributed by atoms with Gasteiger partial charge in [-0.3, -0.25) is 0 Å². The maximum absolute atomic E-state index is 10.3. The summed E-state index contributed by atoms with van der Waals surface area (Å²) in [5.41, 5.74) is -0.220. The predicted octanol–water partition coefficient (Wildman–Crippen LogP) is -0.499. The van der Waals surface area contributed by atoms with Crippen LogP contribution < -0.4 is 5.23 Å². The molecule has 0 spiro atoms. The molecule has 0 aliphatic rings. The van der Waals surface area contributed by atoms with E-state index in [4.69, 9.17) is 15.4 Å². The highest BCUT2D eigenvalue weighted by atomic mass is 16.8. The molecular formula is C6H7NO4. The zero-order valence-corrected chi connectivity index (χ0v) is 5.48. The van der Waals surface area contributed by atoms with E-state index in [1.54, 1.807) is 0 Å². The minimum Gasteiger partial charge on any atom is -0.595 e. The zero-order chi connectivity index (χ0) is 8.43. The Morgan fingerprint density at radius 3 is 2.36 bits per heavy atom. The Bertz CT molecular complexity index is 261. The molecule has 4 N–H and O–H groups in total. The van der Waals surface area contributed by atoms with Crippen molar-refractivity contribution in [3.8, 4) is 11.5 Å². The van der Waals surface area contributed by atoms with E-state index >= 15 is 0 Å². The van der Waals surface area contributed by atoms with E-state index in [0.29, 0.717) is 0 Å². The van der Waals surface area contributed by atoms with E-state index in [9.17, 15) is 5.21 Å². The standard InChI is InChI=1S/C6H7NO4/c8-4-1-2-5(7(10)11)6(9)3-4/h1-3,7-10H. The van der Waals surface area contributed by atoms with Gasteiger partial charge in [0.2, 0.25) is 5.69 Å². The summed E-state index contributed by atoms with van der Waals surface area (Å²) in [6.07, 6.45) is 0. The molecule has 1 rings (SSSR count). The summed E-state index contributed by atoms with van der Waals surface area (Å²) in [5, 5.41) is 35.2. The van der Waals surface area contributed by atoms with Gasteiger partial charge in [0.05, 0.1) is 0 Å². The van der Waals surface area contributed by atoms with Gasteiger partial charge in [-0.25, -0.2) is 5.21 Å². The molecule has 0 aromatic heterocycles. The summed E-state index contributed by atoms with van der Waals surface area (Å²) in [7, 11) is 0. The van der Waals surface area contributed by atoms with Crippen LogP contribution in [0.5, 0.6) is 11.5 Å². The van der Waals surface area contributed by atoms with Gasteiger partial charge in [-0.2, -0.15) is 5.23 Å². The average molecular weight is 157 g/mol. The van der Waals surface area contributed by atoms with Crippen molar-refractivity contribution in [3.63, 3.8) is 0 Å². The summed E-state index contributed by atoms with van der Waals surface area (Å²) in [6.45, 7) is 0. The second-order valence-electron chi connectivity index (χ2n) is 2.01. The Balaban J connectivity index is 3.09. The third-order valence-electron chi connectivity index (χ3n) is 1.21. The van der Waals surface area contributed by atoms with Gasteiger partial charge >= 0.3 is 0 Å². The maximum atomic E-state index is 10.3. The molecule has 0 radical (unpaired) electrons. The molecule has 1 aromatic carbocycles. The van der Waals surface area contributed by atoms with Crippen LogP contribution in [-0.4, -0.2) is 15.4 Å². The number of aromatic hydroxyl groups is 2. The Labute approximate surface area is 62.3 Å². The lowest BCUT2D eigenvalue weighted by Gasteiger charge is -2.12. The number of hydrogen-bond acceptors (Lipinski definition) is 4. The second-order valence-corrected chi connectivity index (χ2v) is 2.01. The van der Waals surface area contributed by atoms with Crippen molar-refractivity contribution in [3.05, 3.63) is 23.4 Å². The number of phenols is 2. The molecule has 0 aliphatic carbocycles. The van der Waals surface area contributed by atoms with Crippen LogP contribution in [0.2, 0.25) is 0 Å². The maximum Gasteiger partial charge on any atom is 0.206 e. The fraction of sp³-hybridized carbons (Fsp3) is 0. The van der Waals surface area contributed by atoms with Crippen LogP contribution in [0.3, 0.4) is 0 Å². The molecule has 0 saturated carbocycles. The van der Waals surface area contributed by atoms with Crippen LogP contribution in [0.25, 0.3) is 0 Å². The van der Waals surface area contributed by atoms with Crippen molar-refractivity contribution in [1.82, 2.24) is 0 Å². The third kappa shape index (κ3) is 1.58. The number of rotatable bonds is 1. The van der Waals surface area contributed by atoms with Crippen molar-refractivity contribution < 1.29 is 20.6 Å². The molecule has 5 heteroatoms. The minimum atomic E-state index is -1.22. The van der Waals surface area contributed by atoms with Crippen LogP contribution in [0.15, 0.2) is 18.2 Å². The first kappa shape index (κ1) is 7.80. The van der Waals surface area contributed by atoms with Gasteiger partial charge in [-0.1, -0.05) is 0 Å². The monoisotopic (exact) mass is 157 g/mol. The fourth-order valence-corrected chi connectivity index (χ4v) is 0.701. The number of benzene rings is 1. The van der Waals surface area contributed by atoms with Crippen LogP contribution in [0.4, 0.5) is 5.69 Å². The first-order valence-corrected chi connectivity index (χ1v) is 2.86. The van der Waals surface area contributed by atoms with Crippen LogP contribution in [0.1, 0.15) is 0 Å². The van der Waals surface area contributed by atoms with Gasteiger partial charge in [-0.15, -0.1) is 0 Å². The molecule has 1 aromatic rings. The summed E-state index contributed by atoms with van der Waals surface area (Å²) in [6, 6.07) is 3.31. The predicted molar refractivity (Wildman–Crippen MR) is 35.5 cm³/mol. The lowest BCUT2D eigenvalue weighted by Crippen LogP contribution is -2.99. The van der Waals surface area contributed by atoms with E-state index in [2.05, 4.69) is 0 Å². The molecule has 0 bridgehead atoms. The highest BCUT2D eigenvalue weighted by Crippen LogP contribution is 2.23. The molecular weight excluding hydrogens is 150 g/mol. The van der Waals surface area contributed by atoms with Gasteiger partial charge in [0, 0.05) is 12.1 Å². The Hall–Kier alpha value is -1.30. The van der Waals surface area contributed by atoms with Crippen molar-refractivity contribution in [2.24, 2.45) is 0 Å². The third-order valence-corrected chi connectivity index (χ3v) is 1.21. The molecule has 0 amide bonds. The first-order valence-electron chi connectivity index (χ1n) is 2.86. The topological polar surface area (TPSA) is 88.2 Å². The first-order chi connectivity index (χ1) is 5.11. The van der Waals surface area contributed by atoms with E-state index in [0.717, 1.165) is 12.1 Å². The summed E-state index contributed by atoms with van der Waals surface area (Å²) in [5.74, 6) is -0.593. The molecule has 1 unspecified atom stereocenters. The molecule has 0 saturated heterocycles. The molecule has 60 valence electrons. The highest BCUT2D eigenvalue weighted by Gasteiger charge is 2.07. The van der Waals surface area contributed by atoms with Crippen LogP contribution in [-0.2, 0) is 0 Å². The van der Waals surface area contributed by atoms with E-state index in [1.807, 2.05) is 0 Å². The lowest BCUT2D eigenvalue weighted by atomic mass is 10.3. The Morgan fingerprint density at radius 2 is 1.91 bits per heavy atom. The quantitative estimate of drug-likeness (QED) is 0.251. The average Bonchev–Trinajstić information content (AvgIpc) is 1.85. The van der Waals surface area contributed by atoms with Crippen LogP contribution in [0, 0.1) is 5.21 Å². The highest BCUT2D eigenvalue weighted by molar-refractivity contribution is 5.48. The number of quaternary nitrogens is 1. The van der Waals surface area contributed by atoms with Crippen molar-refractivity contribution in [2.75, 3.05) is 0 Å². The fourth-order valence-electron chi connectivity index (χ4n) is 0.701. The minimum absolute atomic E-state index is 0.160. The van der Waals surface area contributed by atoms with Gasteiger partial charge < -0.3 is 15.4 Å². The van der Waals surface area contributed by atoms with Gasteiger partial charge in [-0.05, 0) is 6.07 Å². The number of phenolic OH excluding ortho intramolecular Hbond substituents is 2. The van der Waals surface area contributed by atoms with E-state index in [-0.39, 0.29) is 11.4 Å². The molecule has 1 atom stereocenters. The van der Waals surface area contributed by atoms with Gasteiger partial charge in [0.25, 0.3) is 0 Å². The number of hydrogen-bond donors (Lipinski definition) is 4. The normalized spacial score (nSPS) is 12.9. The molecule has 0 heterocycles. The SMILES string of the molecule is [O-][NH+](O)c1ccc(O)cc1O. The molecule has 5 nitrogen and oxygen atoms in total. The van der Waals surface area contributed by atoms with Crippen LogP contribution >= 0.6 is 0 Å². The van der Waals surface area contributed by atoms with E-state index in [1.165, 1.54) is 6.07 Å². The molecule has 0 aliphatic heterocycles. The van der Waals surface area contributed by atoms with Crippen molar-refractivity contribution in [2.45, 2.75) is 0 Å². The lowest BCUT2D eigenvalue weighted by molar-refractivity contribution is -0.991. The van der Waals surface area contributed by atoms with Crippen molar-refractivity contribution in [1.29, 1.82) is 0 Å². The van der Waals surface area contributed by atoms with Gasteiger partial charge in [0.1, 0.15) is 5.75 Å². The van der Waals surface area contributed by atoms with Gasteiger partial charge in [0.15, 0.2) is 5.75 Å². The summed E-state index contributed by atoms with van der Waals surface area (Å²) < 4.78 is 0. The smallest absolute Gasteiger partial charge is 0.206 e. The Morgan fingerprint density at radius 1 is 1.27 bits per heavy atom. The zero-order valence-electron chi connectivity index (χ0n) is 5.48.